The third-order valence-corrected chi connectivity index (χ3v) is 5.45. The molecule has 0 spiro atoms. The number of amides is 2. The molecule has 1 saturated heterocycles. The number of morpholine rings is 1. The van der Waals surface area contributed by atoms with Gasteiger partial charge in [-0.15, -0.1) is 22.0 Å². The number of ether oxygens (including phenoxy) is 1. The van der Waals surface area contributed by atoms with Gasteiger partial charge in [-0.3, -0.25) is 0 Å². The van der Waals surface area contributed by atoms with Crippen LogP contribution in [-0.2, 0) is 4.74 Å². The second-order valence-corrected chi connectivity index (χ2v) is 7.65. The second kappa shape index (κ2) is 9.60. The predicted octanol–water partition coefficient (Wildman–Crippen LogP) is 4.35. The predicted molar refractivity (Wildman–Crippen MR) is 121 cm³/mol. The minimum atomic E-state index is -0.292. The SMILES string of the molecule is CSc1cccc(NC(=O)Nc2cccc(-c3ccc(N4CCOCC4)nn3)c2)c1. The molecule has 0 unspecified atom stereocenters. The van der Waals surface area contributed by atoms with Crippen LogP contribution < -0.4 is 15.5 Å². The molecule has 0 aliphatic carbocycles. The van der Waals surface area contributed by atoms with Gasteiger partial charge in [-0.2, -0.15) is 0 Å². The first kappa shape index (κ1) is 20.2. The number of benzene rings is 2. The molecule has 2 N–H and O–H groups in total. The third-order valence-electron chi connectivity index (χ3n) is 4.73. The van der Waals surface area contributed by atoms with Crippen molar-refractivity contribution in [1.29, 1.82) is 0 Å². The van der Waals surface area contributed by atoms with E-state index in [1.807, 2.05) is 66.9 Å². The number of thioether (sulfide) groups is 1. The van der Waals surface area contributed by atoms with Gasteiger partial charge in [0.1, 0.15) is 0 Å². The monoisotopic (exact) mass is 421 g/mol. The largest absolute Gasteiger partial charge is 0.378 e. The first-order chi connectivity index (χ1) is 14.7. The van der Waals surface area contributed by atoms with Crippen molar-refractivity contribution in [2.45, 2.75) is 4.90 Å². The minimum Gasteiger partial charge on any atom is -0.378 e. The topological polar surface area (TPSA) is 79.4 Å². The lowest BCUT2D eigenvalue weighted by Gasteiger charge is -2.27. The molecule has 8 heteroatoms. The third kappa shape index (κ3) is 5.08. The smallest absolute Gasteiger partial charge is 0.323 e. The van der Waals surface area contributed by atoms with Crippen LogP contribution in [0.1, 0.15) is 0 Å². The van der Waals surface area contributed by atoms with Crippen LogP contribution in [0.3, 0.4) is 0 Å². The summed E-state index contributed by atoms with van der Waals surface area (Å²) in [6.07, 6.45) is 2.00. The first-order valence-electron chi connectivity index (χ1n) is 9.70. The number of carbonyl (C=O) groups excluding carboxylic acids is 1. The lowest BCUT2D eigenvalue weighted by atomic mass is 10.1. The van der Waals surface area contributed by atoms with E-state index in [-0.39, 0.29) is 6.03 Å². The van der Waals surface area contributed by atoms with Gasteiger partial charge in [-0.25, -0.2) is 4.79 Å². The Morgan fingerprint density at radius 3 is 2.40 bits per heavy atom. The molecule has 0 saturated carbocycles. The van der Waals surface area contributed by atoms with Gasteiger partial charge in [0.2, 0.25) is 0 Å². The van der Waals surface area contributed by atoms with Gasteiger partial charge in [0.15, 0.2) is 5.82 Å². The van der Waals surface area contributed by atoms with E-state index in [4.69, 9.17) is 4.74 Å². The number of rotatable bonds is 5. The molecule has 0 radical (unpaired) electrons. The highest BCUT2D eigenvalue weighted by atomic mass is 32.2. The number of carbonyl (C=O) groups is 1. The number of nitrogens with one attached hydrogen (secondary N) is 2. The molecule has 0 bridgehead atoms. The summed E-state index contributed by atoms with van der Waals surface area (Å²) in [6, 6.07) is 18.9. The van der Waals surface area contributed by atoms with E-state index in [1.165, 1.54) is 0 Å². The Kier molecular flexibility index (Phi) is 6.46. The molecule has 1 aliphatic heterocycles. The molecule has 1 fully saturated rings. The Morgan fingerprint density at radius 1 is 0.967 bits per heavy atom. The molecule has 2 amide bonds. The molecule has 2 aromatic carbocycles. The maximum absolute atomic E-state index is 12.4. The quantitative estimate of drug-likeness (QED) is 0.597. The Hall–Kier alpha value is -3.10. The van der Waals surface area contributed by atoms with Gasteiger partial charge in [0, 0.05) is 34.9 Å². The summed E-state index contributed by atoms with van der Waals surface area (Å²) < 4.78 is 5.38. The maximum atomic E-state index is 12.4. The Balaban J connectivity index is 1.42. The molecule has 4 rings (SSSR count). The second-order valence-electron chi connectivity index (χ2n) is 6.77. The number of nitrogens with zero attached hydrogens (tertiary/aromatic N) is 3. The van der Waals surface area contributed by atoms with Crippen LogP contribution in [0.5, 0.6) is 0 Å². The van der Waals surface area contributed by atoms with Crippen molar-refractivity contribution in [3.8, 4) is 11.3 Å². The van der Waals surface area contributed by atoms with Crippen LogP contribution in [0.4, 0.5) is 22.0 Å². The zero-order chi connectivity index (χ0) is 20.8. The van der Waals surface area contributed by atoms with Gasteiger partial charge < -0.3 is 20.3 Å². The summed E-state index contributed by atoms with van der Waals surface area (Å²) >= 11 is 1.63. The number of anilines is 3. The van der Waals surface area contributed by atoms with Crippen LogP contribution in [0.15, 0.2) is 65.6 Å². The van der Waals surface area contributed by atoms with E-state index in [1.54, 1.807) is 11.8 Å². The molecule has 3 aromatic rings. The average molecular weight is 422 g/mol. The maximum Gasteiger partial charge on any atom is 0.323 e. The molecule has 30 heavy (non-hydrogen) atoms. The highest BCUT2D eigenvalue weighted by Gasteiger charge is 2.13. The van der Waals surface area contributed by atoms with Crippen LogP contribution in [-0.4, -0.2) is 48.8 Å². The Morgan fingerprint density at radius 2 is 1.70 bits per heavy atom. The zero-order valence-corrected chi connectivity index (χ0v) is 17.5. The summed E-state index contributed by atoms with van der Waals surface area (Å²) in [5.41, 5.74) is 3.08. The number of urea groups is 1. The lowest BCUT2D eigenvalue weighted by Crippen LogP contribution is -2.36. The standard InChI is InChI=1S/C22H23N5O2S/c1-30-19-7-3-6-18(15-19)24-22(28)23-17-5-2-4-16(14-17)20-8-9-21(26-25-20)27-10-12-29-13-11-27/h2-9,14-15H,10-13H2,1H3,(H2,23,24,28). The van der Waals surface area contributed by atoms with E-state index < -0.39 is 0 Å². The summed E-state index contributed by atoms with van der Waals surface area (Å²) in [5, 5.41) is 14.5. The van der Waals surface area contributed by atoms with Crippen molar-refractivity contribution in [3.05, 3.63) is 60.7 Å². The van der Waals surface area contributed by atoms with Crippen molar-refractivity contribution in [2.24, 2.45) is 0 Å². The lowest BCUT2D eigenvalue weighted by molar-refractivity contribution is 0.122. The van der Waals surface area contributed by atoms with E-state index in [0.29, 0.717) is 18.9 Å². The molecule has 7 nitrogen and oxygen atoms in total. The van der Waals surface area contributed by atoms with Crippen molar-refractivity contribution in [3.63, 3.8) is 0 Å². The average Bonchev–Trinajstić information content (AvgIpc) is 2.80. The Bertz CT molecular complexity index is 1010. The van der Waals surface area contributed by atoms with Crippen molar-refractivity contribution in [2.75, 3.05) is 48.1 Å². The van der Waals surface area contributed by atoms with Crippen molar-refractivity contribution in [1.82, 2.24) is 10.2 Å². The van der Waals surface area contributed by atoms with Crippen LogP contribution in [0.25, 0.3) is 11.3 Å². The van der Waals surface area contributed by atoms with Crippen LogP contribution >= 0.6 is 11.8 Å². The van der Waals surface area contributed by atoms with E-state index in [2.05, 4.69) is 25.7 Å². The fourth-order valence-electron chi connectivity index (χ4n) is 3.19. The fourth-order valence-corrected chi connectivity index (χ4v) is 3.65. The minimum absolute atomic E-state index is 0.292. The highest BCUT2D eigenvalue weighted by molar-refractivity contribution is 7.98. The van der Waals surface area contributed by atoms with Crippen LogP contribution in [0, 0.1) is 0 Å². The van der Waals surface area contributed by atoms with Gasteiger partial charge in [-0.05, 0) is 48.7 Å². The van der Waals surface area contributed by atoms with Gasteiger partial charge >= 0.3 is 6.03 Å². The number of hydrogen-bond acceptors (Lipinski definition) is 6. The Labute approximate surface area is 179 Å². The van der Waals surface area contributed by atoms with E-state index >= 15 is 0 Å². The first-order valence-corrected chi connectivity index (χ1v) is 10.9. The zero-order valence-electron chi connectivity index (χ0n) is 16.7. The van der Waals surface area contributed by atoms with Crippen molar-refractivity contribution >= 4 is 35.0 Å². The molecule has 2 heterocycles. The molecule has 0 atom stereocenters. The van der Waals surface area contributed by atoms with E-state index in [0.717, 1.165) is 40.7 Å². The number of aromatic nitrogens is 2. The highest BCUT2D eigenvalue weighted by Crippen LogP contribution is 2.23. The van der Waals surface area contributed by atoms with E-state index in [9.17, 15) is 4.79 Å². The normalized spacial score (nSPS) is 13.7. The number of hydrogen-bond donors (Lipinski definition) is 2. The molecular weight excluding hydrogens is 398 g/mol. The van der Waals surface area contributed by atoms with Gasteiger partial charge in [0.25, 0.3) is 0 Å². The van der Waals surface area contributed by atoms with Crippen LogP contribution in [0.2, 0.25) is 0 Å². The summed E-state index contributed by atoms with van der Waals surface area (Å²) in [4.78, 5) is 15.6. The van der Waals surface area contributed by atoms with Crippen molar-refractivity contribution < 1.29 is 9.53 Å². The summed E-state index contributed by atoms with van der Waals surface area (Å²) in [5.74, 6) is 0.850. The molecular formula is C22H23N5O2S. The molecule has 1 aromatic heterocycles. The summed E-state index contributed by atoms with van der Waals surface area (Å²) in [7, 11) is 0. The van der Waals surface area contributed by atoms with Gasteiger partial charge in [-0.1, -0.05) is 18.2 Å². The fraction of sp³-hybridized carbons (Fsp3) is 0.227. The van der Waals surface area contributed by atoms with Gasteiger partial charge in [0.05, 0.1) is 18.9 Å². The summed E-state index contributed by atoms with van der Waals surface area (Å²) in [6.45, 7) is 3.06. The molecule has 1 aliphatic rings. The molecule has 154 valence electrons.